The summed E-state index contributed by atoms with van der Waals surface area (Å²) in [5.41, 5.74) is 0.865. The van der Waals surface area contributed by atoms with Crippen LogP contribution in [0.5, 0.6) is 0 Å². The third kappa shape index (κ3) is 2.58. The van der Waals surface area contributed by atoms with Crippen molar-refractivity contribution in [1.29, 1.82) is 5.26 Å². The number of rotatable bonds is 3. The van der Waals surface area contributed by atoms with Crippen molar-refractivity contribution >= 4 is 5.82 Å². The van der Waals surface area contributed by atoms with E-state index in [0.29, 0.717) is 17.1 Å². The molecule has 0 atom stereocenters. The van der Waals surface area contributed by atoms with Gasteiger partial charge in [-0.2, -0.15) is 5.26 Å². The minimum Gasteiger partial charge on any atom is -0.356 e. The number of halogens is 2. The molecule has 0 fully saturated rings. The maximum absolute atomic E-state index is 13.0. The molecular weight excluding hydrogens is 238 g/mol. The molecule has 0 amide bonds. The van der Waals surface area contributed by atoms with Gasteiger partial charge in [0, 0.05) is 5.56 Å². The fourth-order valence-corrected chi connectivity index (χ4v) is 1.37. The molecule has 2 rings (SSSR count). The summed E-state index contributed by atoms with van der Waals surface area (Å²) < 4.78 is 25.8. The van der Waals surface area contributed by atoms with Crippen molar-refractivity contribution in [3.63, 3.8) is 0 Å². The van der Waals surface area contributed by atoms with E-state index in [4.69, 9.17) is 5.26 Å². The Morgan fingerprint density at radius 1 is 1.11 bits per heavy atom. The van der Waals surface area contributed by atoms with Gasteiger partial charge < -0.3 is 5.32 Å². The fourth-order valence-electron chi connectivity index (χ4n) is 1.37. The first-order chi connectivity index (χ1) is 8.70. The zero-order valence-electron chi connectivity index (χ0n) is 9.19. The van der Waals surface area contributed by atoms with E-state index < -0.39 is 11.6 Å². The highest BCUT2D eigenvalue weighted by molar-refractivity contribution is 5.59. The van der Waals surface area contributed by atoms with E-state index in [1.165, 1.54) is 6.07 Å². The van der Waals surface area contributed by atoms with Gasteiger partial charge in [0.2, 0.25) is 0 Å². The van der Waals surface area contributed by atoms with Crippen LogP contribution in [0.4, 0.5) is 14.6 Å². The lowest BCUT2D eigenvalue weighted by molar-refractivity contribution is 0.509. The molecule has 0 saturated heterocycles. The number of hydrogen-bond acceptors (Lipinski definition) is 4. The van der Waals surface area contributed by atoms with E-state index in [1.54, 1.807) is 12.1 Å². The first-order valence-corrected chi connectivity index (χ1v) is 5.10. The first-order valence-electron chi connectivity index (χ1n) is 5.10. The Balaban J connectivity index is 2.23. The van der Waals surface area contributed by atoms with Crippen LogP contribution in [0.1, 0.15) is 0 Å². The Hall–Kier alpha value is -2.55. The second kappa shape index (κ2) is 5.19. The molecule has 90 valence electrons. The molecule has 1 heterocycles. The molecule has 0 aliphatic carbocycles. The molecule has 0 saturated carbocycles. The van der Waals surface area contributed by atoms with Crippen molar-refractivity contribution < 1.29 is 8.78 Å². The Morgan fingerprint density at radius 2 is 1.94 bits per heavy atom. The van der Waals surface area contributed by atoms with Crippen LogP contribution in [0.2, 0.25) is 0 Å². The normalized spacial score (nSPS) is 9.83. The summed E-state index contributed by atoms with van der Waals surface area (Å²) in [5.74, 6) is -1.39. The van der Waals surface area contributed by atoms with E-state index in [9.17, 15) is 8.78 Å². The van der Waals surface area contributed by atoms with Gasteiger partial charge in [-0.05, 0) is 30.3 Å². The highest BCUT2D eigenvalue weighted by Gasteiger charge is 2.06. The summed E-state index contributed by atoms with van der Waals surface area (Å²) in [4.78, 5) is 0. The predicted octanol–water partition coefficient (Wildman–Crippen LogP) is 2.36. The van der Waals surface area contributed by atoms with Crippen molar-refractivity contribution in [3.05, 3.63) is 42.0 Å². The summed E-state index contributed by atoms with van der Waals surface area (Å²) in [6.07, 6.45) is 0. The van der Waals surface area contributed by atoms with Gasteiger partial charge in [-0.25, -0.2) is 8.78 Å². The van der Waals surface area contributed by atoms with Crippen molar-refractivity contribution in [1.82, 2.24) is 10.2 Å². The molecule has 0 aliphatic rings. The van der Waals surface area contributed by atoms with Crippen LogP contribution >= 0.6 is 0 Å². The molecule has 0 spiro atoms. The number of nitrogens with zero attached hydrogens (tertiary/aromatic N) is 3. The Kier molecular flexibility index (Phi) is 3.44. The summed E-state index contributed by atoms with van der Waals surface area (Å²) in [6, 6.07) is 8.64. The molecule has 4 nitrogen and oxygen atoms in total. The van der Waals surface area contributed by atoms with E-state index >= 15 is 0 Å². The number of nitrogens with one attached hydrogen (secondary N) is 1. The lowest BCUT2D eigenvalue weighted by atomic mass is 10.1. The van der Waals surface area contributed by atoms with Crippen LogP contribution in [-0.2, 0) is 0 Å². The smallest absolute Gasteiger partial charge is 0.159 e. The molecule has 1 aromatic heterocycles. The van der Waals surface area contributed by atoms with Crippen LogP contribution < -0.4 is 5.32 Å². The van der Waals surface area contributed by atoms with Crippen molar-refractivity contribution in [2.75, 3.05) is 11.9 Å². The number of aromatic nitrogens is 2. The van der Waals surface area contributed by atoms with Crippen LogP contribution in [-0.4, -0.2) is 16.7 Å². The van der Waals surface area contributed by atoms with Crippen LogP contribution in [0, 0.1) is 23.0 Å². The first kappa shape index (κ1) is 11.9. The van der Waals surface area contributed by atoms with Crippen LogP contribution in [0.15, 0.2) is 30.3 Å². The highest BCUT2D eigenvalue weighted by Crippen LogP contribution is 2.19. The van der Waals surface area contributed by atoms with Crippen molar-refractivity contribution in [3.8, 4) is 17.3 Å². The molecule has 0 bridgehead atoms. The quantitative estimate of drug-likeness (QED) is 0.844. The van der Waals surface area contributed by atoms with Gasteiger partial charge in [0.05, 0.1) is 11.8 Å². The second-order valence-corrected chi connectivity index (χ2v) is 3.44. The summed E-state index contributed by atoms with van der Waals surface area (Å²) in [5, 5.41) is 18.8. The van der Waals surface area contributed by atoms with E-state index in [-0.39, 0.29) is 6.54 Å². The summed E-state index contributed by atoms with van der Waals surface area (Å²) in [6.45, 7) is 0.124. The zero-order chi connectivity index (χ0) is 13.0. The number of hydrogen-bond donors (Lipinski definition) is 1. The monoisotopic (exact) mass is 246 g/mol. The third-order valence-corrected chi connectivity index (χ3v) is 2.23. The maximum Gasteiger partial charge on any atom is 0.159 e. The van der Waals surface area contributed by atoms with Gasteiger partial charge in [-0.15, -0.1) is 10.2 Å². The molecule has 2 aromatic rings. The largest absolute Gasteiger partial charge is 0.356 e. The average molecular weight is 246 g/mol. The number of nitriles is 1. The van der Waals surface area contributed by atoms with Gasteiger partial charge in [-0.1, -0.05) is 0 Å². The molecule has 0 radical (unpaired) electrons. The van der Waals surface area contributed by atoms with Gasteiger partial charge in [-0.3, -0.25) is 0 Å². The minimum atomic E-state index is -0.930. The lowest BCUT2D eigenvalue weighted by Gasteiger charge is -2.03. The highest BCUT2D eigenvalue weighted by atomic mass is 19.2. The lowest BCUT2D eigenvalue weighted by Crippen LogP contribution is -2.02. The van der Waals surface area contributed by atoms with Crippen LogP contribution in [0.3, 0.4) is 0 Å². The molecule has 18 heavy (non-hydrogen) atoms. The second-order valence-electron chi connectivity index (χ2n) is 3.44. The number of anilines is 1. The topological polar surface area (TPSA) is 61.6 Å². The van der Waals surface area contributed by atoms with Gasteiger partial charge >= 0.3 is 0 Å². The molecule has 1 N–H and O–H groups in total. The molecule has 0 aliphatic heterocycles. The molecule has 1 aromatic carbocycles. The predicted molar refractivity (Wildman–Crippen MR) is 61.5 cm³/mol. The minimum absolute atomic E-state index is 0.124. The Labute approximate surface area is 102 Å². The van der Waals surface area contributed by atoms with E-state index in [1.807, 2.05) is 6.07 Å². The van der Waals surface area contributed by atoms with Gasteiger partial charge in [0.1, 0.15) is 12.4 Å². The zero-order valence-corrected chi connectivity index (χ0v) is 9.19. The Morgan fingerprint density at radius 3 is 2.56 bits per heavy atom. The SMILES string of the molecule is N#CCNc1ccc(-c2ccc(F)c(F)c2)nn1. The Bertz CT molecular complexity index is 590. The summed E-state index contributed by atoms with van der Waals surface area (Å²) in [7, 11) is 0. The van der Waals surface area contributed by atoms with E-state index in [2.05, 4.69) is 15.5 Å². The van der Waals surface area contributed by atoms with Crippen molar-refractivity contribution in [2.24, 2.45) is 0 Å². The van der Waals surface area contributed by atoms with Gasteiger partial charge in [0.15, 0.2) is 11.6 Å². The van der Waals surface area contributed by atoms with E-state index in [0.717, 1.165) is 12.1 Å². The van der Waals surface area contributed by atoms with Crippen molar-refractivity contribution in [2.45, 2.75) is 0 Å². The maximum atomic E-state index is 13.0. The number of benzene rings is 1. The molecule has 6 heteroatoms. The standard InChI is InChI=1S/C12H8F2N4/c13-9-2-1-8(7-10(9)14)11-3-4-12(18-17-11)16-6-5-15/h1-4,7H,6H2,(H,16,18). The average Bonchev–Trinajstić information content (AvgIpc) is 2.40. The summed E-state index contributed by atoms with van der Waals surface area (Å²) >= 11 is 0. The fraction of sp³-hybridized carbons (Fsp3) is 0.0833. The van der Waals surface area contributed by atoms with Crippen LogP contribution in [0.25, 0.3) is 11.3 Å². The molecule has 0 unspecified atom stereocenters. The third-order valence-electron chi connectivity index (χ3n) is 2.23. The molecular formula is C12H8F2N4. The van der Waals surface area contributed by atoms with Gasteiger partial charge in [0.25, 0.3) is 0 Å².